The van der Waals surface area contributed by atoms with Crippen LogP contribution in [0.15, 0.2) is 54.2 Å². The second kappa shape index (κ2) is 9.54. The average Bonchev–Trinajstić information content (AvgIpc) is 3.01. The van der Waals surface area contributed by atoms with E-state index in [4.69, 9.17) is 4.74 Å². The number of likely N-dealkylation sites (tertiary alicyclic amines) is 1. The first kappa shape index (κ1) is 21.5. The average molecular weight is 410 g/mol. The Bertz CT molecular complexity index is 923. The van der Waals surface area contributed by atoms with E-state index in [0.29, 0.717) is 36.7 Å². The van der Waals surface area contributed by atoms with Gasteiger partial charge in [0.05, 0.1) is 45.1 Å². The van der Waals surface area contributed by atoms with Crippen molar-refractivity contribution in [3.63, 3.8) is 0 Å². The largest absolute Gasteiger partial charge is 0.507 e. The molecule has 7 nitrogen and oxygen atoms in total. The minimum atomic E-state index is -0.721. The van der Waals surface area contributed by atoms with Gasteiger partial charge in [-0.25, -0.2) is 0 Å². The van der Waals surface area contributed by atoms with Crippen LogP contribution in [0.2, 0.25) is 0 Å². The van der Waals surface area contributed by atoms with Gasteiger partial charge in [0, 0.05) is 11.8 Å². The van der Waals surface area contributed by atoms with E-state index in [2.05, 4.69) is 4.98 Å². The third-order valence-electron chi connectivity index (χ3n) is 4.96. The molecule has 1 saturated heterocycles. The molecule has 3 rings (SSSR count). The number of ketones is 1. The molecule has 0 saturated carbocycles. The number of pyridine rings is 1. The molecule has 2 N–H and O–H groups in total. The molecule has 0 spiro atoms. The first-order valence-corrected chi connectivity index (χ1v) is 10.2. The summed E-state index contributed by atoms with van der Waals surface area (Å²) in [6, 6.07) is 11.5. The van der Waals surface area contributed by atoms with Crippen molar-refractivity contribution in [2.24, 2.45) is 0 Å². The number of aliphatic hydroxyl groups is 1. The second-order valence-electron chi connectivity index (χ2n) is 7.58. The summed E-state index contributed by atoms with van der Waals surface area (Å²) in [5.41, 5.74) is 1.07. The van der Waals surface area contributed by atoms with Crippen LogP contribution in [0.3, 0.4) is 0 Å². The molecule has 1 amide bonds. The van der Waals surface area contributed by atoms with Gasteiger partial charge in [0.15, 0.2) is 0 Å². The highest BCUT2D eigenvalue weighted by Gasteiger charge is 2.46. The maximum absolute atomic E-state index is 12.9. The van der Waals surface area contributed by atoms with E-state index >= 15 is 0 Å². The lowest BCUT2D eigenvalue weighted by molar-refractivity contribution is -0.857. The number of likely N-dealkylation sites (N-methyl/N-ethyl adjacent to an activating group) is 1. The first-order valence-electron chi connectivity index (χ1n) is 10.2. The number of hydrogen-bond acceptors (Lipinski definition) is 5. The Kier molecular flexibility index (Phi) is 6.84. The van der Waals surface area contributed by atoms with Crippen LogP contribution in [0.25, 0.3) is 5.76 Å². The van der Waals surface area contributed by atoms with Crippen LogP contribution < -0.4 is 9.64 Å². The van der Waals surface area contributed by atoms with Crippen molar-refractivity contribution in [2.45, 2.75) is 19.4 Å². The molecule has 2 heterocycles. The van der Waals surface area contributed by atoms with Crippen molar-refractivity contribution in [3.05, 3.63) is 65.5 Å². The molecule has 0 aliphatic carbocycles. The van der Waals surface area contributed by atoms with Crippen LogP contribution in [0.4, 0.5) is 0 Å². The van der Waals surface area contributed by atoms with E-state index in [-0.39, 0.29) is 11.3 Å². The summed E-state index contributed by atoms with van der Waals surface area (Å²) < 4.78 is 5.58. The zero-order valence-corrected chi connectivity index (χ0v) is 17.6. The van der Waals surface area contributed by atoms with Crippen LogP contribution in [-0.4, -0.2) is 60.5 Å². The number of aliphatic hydroxyl groups excluding tert-OH is 1. The van der Waals surface area contributed by atoms with E-state index in [1.165, 1.54) is 4.90 Å². The summed E-state index contributed by atoms with van der Waals surface area (Å²) in [5.74, 6) is -0.825. The number of Topliss-reactive ketones (excluding diaryl/α,β-unsaturated/α-hetero) is 1. The lowest BCUT2D eigenvalue weighted by Gasteiger charge is -2.24. The molecular weight excluding hydrogens is 382 g/mol. The van der Waals surface area contributed by atoms with Crippen molar-refractivity contribution in [3.8, 4) is 5.75 Å². The van der Waals surface area contributed by atoms with Crippen LogP contribution in [0.5, 0.6) is 5.75 Å². The predicted octanol–water partition coefficient (Wildman–Crippen LogP) is 1.44. The number of carbonyl (C=O) groups is 2. The second-order valence-corrected chi connectivity index (χ2v) is 7.58. The number of nitrogens with one attached hydrogen (secondary N) is 1. The summed E-state index contributed by atoms with van der Waals surface area (Å²) in [7, 11) is 3.96. The van der Waals surface area contributed by atoms with Gasteiger partial charge < -0.3 is 19.6 Å². The fourth-order valence-corrected chi connectivity index (χ4v) is 3.38. The van der Waals surface area contributed by atoms with Gasteiger partial charge in [0.25, 0.3) is 11.7 Å². The number of ether oxygens (including phenoxy) is 1. The highest BCUT2D eigenvalue weighted by atomic mass is 16.5. The lowest BCUT2D eigenvalue weighted by atomic mass is 9.98. The van der Waals surface area contributed by atoms with Gasteiger partial charge in [0.1, 0.15) is 17.6 Å². The molecule has 1 aromatic heterocycles. The van der Waals surface area contributed by atoms with Crippen LogP contribution in [0, 0.1) is 0 Å². The normalized spacial score (nSPS) is 18.3. The Morgan fingerprint density at radius 3 is 2.50 bits per heavy atom. The lowest BCUT2D eigenvalue weighted by Crippen LogP contribution is -3.06. The Morgan fingerprint density at radius 1 is 1.17 bits per heavy atom. The summed E-state index contributed by atoms with van der Waals surface area (Å²) in [6.45, 7) is 3.67. The molecule has 1 aliphatic rings. The minimum absolute atomic E-state index is 0.0645. The van der Waals surface area contributed by atoms with Gasteiger partial charge in [-0.3, -0.25) is 14.6 Å². The molecule has 1 aliphatic heterocycles. The van der Waals surface area contributed by atoms with Crippen molar-refractivity contribution in [1.29, 1.82) is 0 Å². The summed E-state index contributed by atoms with van der Waals surface area (Å²) in [6.07, 6.45) is 2.51. The maximum Gasteiger partial charge on any atom is 0.295 e. The SMILES string of the molecule is CCCOc1ccc(C(O)=C2C(=O)C(=O)N(CC[NH+](C)C)[C@@H]2c2ccccn2)cc1. The predicted molar refractivity (Wildman–Crippen MR) is 113 cm³/mol. The zero-order valence-electron chi connectivity index (χ0n) is 17.6. The standard InChI is InChI=1S/C23H27N3O4/c1-4-15-30-17-10-8-16(9-11-17)21(27)19-20(18-7-5-6-12-24-18)26(14-13-25(2)3)23(29)22(19)28/h5-12,20,27H,4,13-15H2,1-3H3/p+1/t20-/m1/s1. The molecule has 2 aromatic rings. The molecule has 1 aromatic carbocycles. The van der Waals surface area contributed by atoms with Gasteiger partial charge in [-0.15, -0.1) is 0 Å². The van der Waals surface area contributed by atoms with Gasteiger partial charge in [-0.2, -0.15) is 0 Å². The smallest absolute Gasteiger partial charge is 0.295 e. The van der Waals surface area contributed by atoms with Gasteiger partial charge >= 0.3 is 0 Å². The molecule has 0 unspecified atom stereocenters. The highest BCUT2D eigenvalue weighted by molar-refractivity contribution is 6.46. The highest BCUT2D eigenvalue weighted by Crippen LogP contribution is 2.38. The van der Waals surface area contributed by atoms with E-state index in [1.54, 1.807) is 48.7 Å². The molecule has 1 fully saturated rings. The number of amides is 1. The fraction of sp³-hybridized carbons (Fsp3) is 0.348. The van der Waals surface area contributed by atoms with E-state index in [1.807, 2.05) is 21.0 Å². The molecule has 1 atom stereocenters. The van der Waals surface area contributed by atoms with Gasteiger partial charge in [0.2, 0.25) is 0 Å². The van der Waals surface area contributed by atoms with E-state index in [0.717, 1.165) is 11.3 Å². The number of hydrogen-bond donors (Lipinski definition) is 2. The Morgan fingerprint density at radius 2 is 1.90 bits per heavy atom. The molecule has 0 radical (unpaired) electrons. The number of quaternary nitrogens is 1. The Labute approximate surface area is 176 Å². The fourth-order valence-electron chi connectivity index (χ4n) is 3.38. The summed E-state index contributed by atoms with van der Waals surface area (Å²) in [4.78, 5) is 32.7. The maximum atomic E-state index is 12.9. The minimum Gasteiger partial charge on any atom is -0.507 e. The molecule has 158 valence electrons. The van der Waals surface area contributed by atoms with Crippen LogP contribution in [0.1, 0.15) is 30.6 Å². The van der Waals surface area contributed by atoms with Gasteiger partial charge in [-0.05, 0) is 42.8 Å². The number of rotatable bonds is 8. The Balaban J connectivity index is 2.03. The van der Waals surface area contributed by atoms with Crippen molar-refractivity contribution in [1.82, 2.24) is 9.88 Å². The van der Waals surface area contributed by atoms with Crippen LogP contribution in [-0.2, 0) is 9.59 Å². The number of aromatic nitrogens is 1. The van der Waals surface area contributed by atoms with Crippen molar-refractivity contribution >= 4 is 17.4 Å². The zero-order chi connectivity index (χ0) is 21.7. The number of nitrogens with zero attached hydrogens (tertiary/aromatic N) is 2. The van der Waals surface area contributed by atoms with Crippen molar-refractivity contribution in [2.75, 3.05) is 33.8 Å². The number of carbonyl (C=O) groups excluding carboxylic acids is 2. The van der Waals surface area contributed by atoms with Crippen LogP contribution >= 0.6 is 0 Å². The molecular formula is C23H28N3O4+. The van der Waals surface area contributed by atoms with Crippen molar-refractivity contribution < 1.29 is 24.3 Å². The molecule has 7 heteroatoms. The third-order valence-corrected chi connectivity index (χ3v) is 4.96. The molecule has 30 heavy (non-hydrogen) atoms. The van der Waals surface area contributed by atoms with E-state index < -0.39 is 17.7 Å². The van der Waals surface area contributed by atoms with Gasteiger partial charge in [-0.1, -0.05) is 13.0 Å². The molecule has 0 bridgehead atoms. The number of benzene rings is 1. The third kappa shape index (κ3) is 4.52. The van der Waals surface area contributed by atoms with E-state index in [9.17, 15) is 14.7 Å². The quantitative estimate of drug-likeness (QED) is 0.391. The topological polar surface area (TPSA) is 84.2 Å². The Hall–Kier alpha value is -3.19. The monoisotopic (exact) mass is 410 g/mol. The summed E-state index contributed by atoms with van der Waals surface area (Å²) >= 11 is 0. The first-order chi connectivity index (χ1) is 14.4. The summed E-state index contributed by atoms with van der Waals surface area (Å²) in [5, 5.41) is 11.0.